The largest absolute Gasteiger partial charge is 0.496 e. The second kappa shape index (κ2) is 5.76. The van der Waals surface area contributed by atoms with E-state index in [-0.39, 0.29) is 24.5 Å². The Hall–Kier alpha value is -1.81. The fourth-order valence-electron chi connectivity index (χ4n) is 3.21. The molecule has 0 bridgehead atoms. The van der Waals surface area contributed by atoms with Crippen LogP contribution in [0.2, 0.25) is 0 Å². The maximum Gasteiger partial charge on any atom is 0.231 e. The number of carbonyl (C=O) groups excluding carboxylic acids is 1. The average molecular weight is 301 g/mol. The summed E-state index contributed by atoms with van der Waals surface area (Å²) in [6.07, 6.45) is 6.52. The summed E-state index contributed by atoms with van der Waals surface area (Å²) >= 11 is 0. The Kier molecular flexibility index (Phi) is 3.96. The molecule has 4 heteroatoms. The van der Waals surface area contributed by atoms with E-state index in [4.69, 9.17) is 4.74 Å². The van der Waals surface area contributed by atoms with Gasteiger partial charge in [-0.15, -0.1) is 0 Å². The third-order valence-corrected chi connectivity index (χ3v) is 4.87. The number of hydrogen-bond acceptors (Lipinski definition) is 3. The van der Waals surface area contributed by atoms with Crippen molar-refractivity contribution in [2.24, 2.45) is 5.92 Å². The van der Waals surface area contributed by atoms with Gasteiger partial charge in [-0.3, -0.25) is 4.79 Å². The van der Waals surface area contributed by atoms with Crippen molar-refractivity contribution in [1.82, 2.24) is 5.32 Å². The Bertz CT molecular complexity index is 604. The van der Waals surface area contributed by atoms with Crippen LogP contribution in [-0.2, 0) is 10.2 Å². The van der Waals surface area contributed by atoms with Crippen LogP contribution in [0.4, 0.5) is 0 Å². The van der Waals surface area contributed by atoms with Gasteiger partial charge in [-0.1, -0.05) is 24.3 Å². The lowest BCUT2D eigenvalue weighted by atomic mass is 9.93. The second-order valence-electron chi connectivity index (χ2n) is 6.41. The van der Waals surface area contributed by atoms with Gasteiger partial charge < -0.3 is 15.2 Å². The highest BCUT2D eigenvalue weighted by molar-refractivity contribution is 5.91. The molecule has 2 atom stereocenters. The van der Waals surface area contributed by atoms with Gasteiger partial charge in [0.2, 0.25) is 5.91 Å². The number of amides is 1. The lowest BCUT2D eigenvalue weighted by Crippen LogP contribution is -2.40. The van der Waals surface area contributed by atoms with Gasteiger partial charge in [0.05, 0.1) is 12.5 Å². The number of carbonyl (C=O) groups is 1. The van der Waals surface area contributed by atoms with E-state index in [9.17, 15) is 9.90 Å². The molecular formula is C18H23NO3. The minimum absolute atomic E-state index is 0.0365. The molecular weight excluding hydrogens is 278 g/mol. The summed E-state index contributed by atoms with van der Waals surface area (Å²) in [6.45, 7) is 2.14. The quantitative estimate of drug-likeness (QED) is 0.819. The Balaban J connectivity index is 1.73. The van der Waals surface area contributed by atoms with Crippen LogP contribution in [0.3, 0.4) is 0 Å². The molecule has 1 aromatic carbocycles. The van der Waals surface area contributed by atoms with Gasteiger partial charge in [0.1, 0.15) is 5.75 Å². The zero-order valence-corrected chi connectivity index (χ0v) is 13.1. The van der Waals surface area contributed by atoms with Crippen molar-refractivity contribution in [3.05, 3.63) is 41.5 Å². The van der Waals surface area contributed by atoms with E-state index in [1.165, 1.54) is 0 Å². The van der Waals surface area contributed by atoms with Crippen LogP contribution in [0.1, 0.15) is 30.4 Å². The first-order chi connectivity index (χ1) is 10.6. The molecule has 2 N–H and O–H groups in total. The summed E-state index contributed by atoms with van der Waals surface area (Å²) in [5, 5.41) is 12.3. The predicted octanol–water partition coefficient (Wildman–Crippen LogP) is 2.09. The number of hydrogen-bond donors (Lipinski definition) is 2. The molecule has 2 aliphatic rings. The monoisotopic (exact) mass is 301 g/mol. The molecule has 1 fully saturated rings. The van der Waals surface area contributed by atoms with Crippen molar-refractivity contribution < 1.29 is 14.6 Å². The molecule has 0 heterocycles. The molecule has 0 aromatic heterocycles. The highest BCUT2D eigenvalue weighted by atomic mass is 16.5. The Labute approximate surface area is 131 Å². The number of aliphatic hydroxyl groups is 1. The van der Waals surface area contributed by atoms with Crippen LogP contribution in [0.15, 0.2) is 30.4 Å². The molecule has 0 saturated heterocycles. The predicted molar refractivity (Wildman–Crippen MR) is 84.9 cm³/mol. The van der Waals surface area contributed by atoms with E-state index in [1.807, 2.05) is 37.3 Å². The third-order valence-electron chi connectivity index (χ3n) is 4.87. The second-order valence-corrected chi connectivity index (χ2v) is 6.41. The number of rotatable bonds is 5. The van der Waals surface area contributed by atoms with E-state index < -0.39 is 5.41 Å². The van der Waals surface area contributed by atoms with Crippen LogP contribution in [0.25, 0.3) is 0 Å². The third kappa shape index (κ3) is 2.63. The van der Waals surface area contributed by atoms with E-state index in [0.717, 1.165) is 36.1 Å². The zero-order chi connectivity index (χ0) is 15.7. The van der Waals surface area contributed by atoms with Crippen molar-refractivity contribution in [3.8, 4) is 5.75 Å². The van der Waals surface area contributed by atoms with E-state index in [2.05, 4.69) is 5.32 Å². The van der Waals surface area contributed by atoms with Gasteiger partial charge in [0, 0.05) is 18.6 Å². The molecule has 0 radical (unpaired) electrons. The zero-order valence-electron chi connectivity index (χ0n) is 13.1. The summed E-state index contributed by atoms with van der Waals surface area (Å²) < 4.78 is 5.38. The lowest BCUT2D eigenvalue weighted by molar-refractivity contribution is -0.124. The van der Waals surface area contributed by atoms with Crippen LogP contribution in [0.5, 0.6) is 5.75 Å². The summed E-state index contributed by atoms with van der Waals surface area (Å²) in [7, 11) is 1.66. The summed E-state index contributed by atoms with van der Waals surface area (Å²) in [5.41, 5.74) is 1.71. The molecule has 0 unspecified atom stereocenters. The first-order valence-corrected chi connectivity index (χ1v) is 7.84. The van der Waals surface area contributed by atoms with Crippen LogP contribution in [0, 0.1) is 12.8 Å². The van der Waals surface area contributed by atoms with Crippen molar-refractivity contribution in [1.29, 1.82) is 0 Å². The maximum atomic E-state index is 12.7. The van der Waals surface area contributed by atoms with Crippen molar-refractivity contribution in [2.45, 2.75) is 37.6 Å². The average Bonchev–Trinajstić information content (AvgIpc) is 3.22. The van der Waals surface area contributed by atoms with E-state index in [0.29, 0.717) is 0 Å². The van der Waals surface area contributed by atoms with E-state index in [1.54, 1.807) is 7.11 Å². The molecule has 1 saturated carbocycles. The number of methoxy groups -OCH3 is 1. The van der Waals surface area contributed by atoms with Crippen LogP contribution >= 0.6 is 0 Å². The van der Waals surface area contributed by atoms with Crippen molar-refractivity contribution >= 4 is 5.91 Å². The molecule has 1 aromatic rings. The highest BCUT2D eigenvalue weighted by Gasteiger charge is 2.51. The Morgan fingerprint density at radius 1 is 1.41 bits per heavy atom. The molecule has 2 aliphatic carbocycles. The highest BCUT2D eigenvalue weighted by Crippen LogP contribution is 2.49. The first kappa shape index (κ1) is 15.1. The summed E-state index contributed by atoms with van der Waals surface area (Å²) in [4.78, 5) is 12.7. The minimum Gasteiger partial charge on any atom is -0.496 e. The fraction of sp³-hybridized carbons (Fsp3) is 0.500. The summed E-state index contributed by atoms with van der Waals surface area (Å²) in [6, 6.07) is 6.07. The number of benzene rings is 1. The molecule has 118 valence electrons. The number of ether oxygens (including phenoxy) is 1. The Morgan fingerprint density at radius 2 is 2.18 bits per heavy atom. The molecule has 0 aliphatic heterocycles. The van der Waals surface area contributed by atoms with Gasteiger partial charge >= 0.3 is 0 Å². The van der Waals surface area contributed by atoms with Crippen LogP contribution in [-0.4, -0.2) is 30.8 Å². The fourth-order valence-corrected chi connectivity index (χ4v) is 3.21. The van der Waals surface area contributed by atoms with Crippen molar-refractivity contribution in [3.63, 3.8) is 0 Å². The SMILES string of the molecule is COc1cc(C2(C(=O)N[C@@H]3C=C[C@H](CO)C3)CC2)ccc1C. The smallest absolute Gasteiger partial charge is 0.231 e. The van der Waals surface area contributed by atoms with Gasteiger partial charge in [-0.05, 0) is 43.4 Å². The topological polar surface area (TPSA) is 58.6 Å². The van der Waals surface area contributed by atoms with Crippen molar-refractivity contribution in [2.75, 3.05) is 13.7 Å². The number of nitrogens with one attached hydrogen (secondary N) is 1. The molecule has 1 amide bonds. The number of aliphatic hydroxyl groups excluding tert-OH is 1. The lowest BCUT2D eigenvalue weighted by Gasteiger charge is -2.20. The van der Waals surface area contributed by atoms with Crippen LogP contribution < -0.4 is 10.1 Å². The molecule has 22 heavy (non-hydrogen) atoms. The molecule has 0 spiro atoms. The van der Waals surface area contributed by atoms with E-state index >= 15 is 0 Å². The standard InChI is InChI=1S/C18H23NO3/c1-12-3-5-14(10-16(12)22-2)18(7-8-18)17(21)19-15-6-4-13(9-15)11-20/h3-6,10,13,15,20H,7-9,11H2,1-2H3,(H,19,21)/t13-,15+/m0/s1. The summed E-state index contributed by atoms with van der Waals surface area (Å²) in [5.74, 6) is 1.09. The normalized spacial score (nSPS) is 25.0. The van der Waals surface area contributed by atoms with Gasteiger partial charge in [0.25, 0.3) is 0 Å². The molecule has 4 nitrogen and oxygen atoms in total. The van der Waals surface area contributed by atoms with Gasteiger partial charge in [0.15, 0.2) is 0 Å². The first-order valence-electron chi connectivity index (χ1n) is 7.84. The minimum atomic E-state index is -0.397. The Morgan fingerprint density at radius 3 is 2.77 bits per heavy atom. The number of aryl methyl sites for hydroxylation is 1. The van der Waals surface area contributed by atoms with Gasteiger partial charge in [-0.2, -0.15) is 0 Å². The van der Waals surface area contributed by atoms with Gasteiger partial charge in [-0.25, -0.2) is 0 Å². The maximum absolute atomic E-state index is 12.7. The molecule has 3 rings (SSSR count).